The summed E-state index contributed by atoms with van der Waals surface area (Å²) in [6, 6.07) is 0. The van der Waals surface area contributed by atoms with Crippen molar-refractivity contribution in [2.24, 2.45) is 0 Å². The topological polar surface area (TPSA) is 109 Å². The molecule has 0 radical (unpaired) electrons. The Balaban J connectivity index is 0. The average Bonchev–Trinajstić information content (AvgIpc) is 1.49. The van der Waals surface area contributed by atoms with Crippen LogP contribution in [0.2, 0.25) is 0 Å². The predicted molar refractivity (Wildman–Crippen MR) is 50.5 cm³/mol. The van der Waals surface area contributed by atoms with Gasteiger partial charge in [-0.25, -0.2) is 0 Å². The van der Waals surface area contributed by atoms with Gasteiger partial charge in [0.2, 0.25) is 0 Å². The van der Waals surface area contributed by atoms with Crippen molar-refractivity contribution < 1.29 is 25.9 Å². The first-order valence-electron chi connectivity index (χ1n) is 2.67. The maximum atomic E-state index is 10.1. The standard InChI is InChI=1S/C4H8O6S2.Ba.2H/c1-4(2-11(5,6)7)3-12(8,9)10;;;/h1-3H2,(H,5,6,7)(H,8,9,10);;;. The summed E-state index contributed by atoms with van der Waals surface area (Å²) in [4.78, 5) is 0. The molecule has 0 aromatic rings. The second-order valence-corrected chi connectivity index (χ2v) is 5.11. The maximum absolute atomic E-state index is 10.1. The molecule has 0 amide bonds. The summed E-state index contributed by atoms with van der Waals surface area (Å²) in [6.45, 7) is 3.05. The van der Waals surface area contributed by atoms with E-state index in [0.29, 0.717) is 0 Å². The molecule has 0 fully saturated rings. The van der Waals surface area contributed by atoms with Gasteiger partial charge in [-0.3, -0.25) is 9.11 Å². The van der Waals surface area contributed by atoms with Crippen molar-refractivity contribution in [3.05, 3.63) is 12.2 Å². The van der Waals surface area contributed by atoms with E-state index in [2.05, 4.69) is 6.58 Å². The number of hydrogen-bond acceptors (Lipinski definition) is 4. The Morgan fingerprint density at radius 1 is 1.00 bits per heavy atom. The van der Waals surface area contributed by atoms with E-state index in [0.717, 1.165) is 0 Å². The van der Waals surface area contributed by atoms with Crippen molar-refractivity contribution in [3.8, 4) is 0 Å². The van der Waals surface area contributed by atoms with Crippen LogP contribution in [0.5, 0.6) is 0 Å². The molecule has 0 aliphatic rings. The third-order valence-corrected chi connectivity index (χ3v) is 2.32. The minimum absolute atomic E-state index is 0. The normalized spacial score (nSPS) is 11.8. The fourth-order valence-electron chi connectivity index (χ4n) is 0.558. The van der Waals surface area contributed by atoms with E-state index >= 15 is 0 Å². The van der Waals surface area contributed by atoms with Crippen molar-refractivity contribution in [1.29, 1.82) is 0 Å². The van der Waals surface area contributed by atoms with E-state index < -0.39 is 31.7 Å². The van der Waals surface area contributed by atoms with Crippen LogP contribution in [-0.2, 0) is 20.2 Å². The zero-order chi connectivity index (χ0) is 9.99. The molecule has 0 bridgehead atoms. The molecule has 0 aromatic carbocycles. The van der Waals surface area contributed by atoms with Crippen molar-refractivity contribution >= 4 is 69.1 Å². The Hall–Kier alpha value is 1.13. The Kier molecular flexibility index (Phi) is 7.49. The molecule has 13 heavy (non-hydrogen) atoms. The zero-order valence-corrected chi connectivity index (χ0v) is 7.60. The predicted octanol–water partition coefficient (Wildman–Crippen LogP) is -1.60. The molecule has 0 saturated heterocycles. The summed E-state index contributed by atoms with van der Waals surface area (Å²) < 4.78 is 57.0. The zero-order valence-electron chi connectivity index (χ0n) is 5.97. The van der Waals surface area contributed by atoms with Crippen LogP contribution in [0.25, 0.3) is 0 Å². The molecule has 9 heteroatoms. The first-order chi connectivity index (χ1) is 5.10. The van der Waals surface area contributed by atoms with Gasteiger partial charge in [-0.2, -0.15) is 16.8 Å². The summed E-state index contributed by atoms with van der Waals surface area (Å²) in [5, 5.41) is 0. The van der Waals surface area contributed by atoms with Gasteiger partial charge in [0.15, 0.2) is 0 Å². The first kappa shape index (κ1) is 16.6. The molecule has 0 aliphatic heterocycles. The first-order valence-corrected chi connectivity index (χ1v) is 5.89. The summed E-state index contributed by atoms with van der Waals surface area (Å²) >= 11 is 0. The summed E-state index contributed by atoms with van der Waals surface area (Å²) in [6.07, 6.45) is 0. The molecule has 0 aromatic heterocycles. The van der Waals surface area contributed by atoms with Crippen LogP contribution in [0.3, 0.4) is 0 Å². The Bertz CT molecular complexity index is 329. The SMILES string of the molecule is C=C(CS(=O)(=O)O)CS(=O)(=O)O.[BaH2]. The Morgan fingerprint density at radius 3 is 1.38 bits per heavy atom. The van der Waals surface area contributed by atoms with Crippen LogP contribution in [0, 0.1) is 0 Å². The van der Waals surface area contributed by atoms with E-state index in [9.17, 15) is 16.8 Å². The number of hydrogen-bond donors (Lipinski definition) is 2. The molecule has 0 heterocycles. The van der Waals surface area contributed by atoms with Gasteiger partial charge in [0.1, 0.15) is 0 Å². The van der Waals surface area contributed by atoms with Gasteiger partial charge in [0.25, 0.3) is 20.2 Å². The van der Waals surface area contributed by atoms with Crippen LogP contribution in [0.1, 0.15) is 0 Å². The van der Waals surface area contributed by atoms with Gasteiger partial charge in [0, 0.05) is 0 Å². The minimum atomic E-state index is -4.27. The van der Waals surface area contributed by atoms with Crippen molar-refractivity contribution in [2.45, 2.75) is 0 Å². The van der Waals surface area contributed by atoms with Gasteiger partial charge >= 0.3 is 48.9 Å². The van der Waals surface area contributed by atoms with E-state index in [1.165, 1.54) is 0 Å². The van der Waals surface area contributed by atoms with Crippen LogP contribution in [-0.4, -0.2) is 86.3 Å². The molecule has 0 spiro atoms. The van der Waals surface area contributed by atoms with Crippen LogP contribution in [0.15, 0.2) is 12.2 Å². The molecule has 0 unspecified atom stereocenters. The second kappa shape index (κ2) is 5.88. The van der Waals surface area contributed by atoms with Crippen LogP contribution >= 0.6 is 0 Å². The van der Waals surface area contributed by atoms with E-state index in [-0.39, 0.29) is 54.5 Å². The fraction of sp³-hybridized carbons (Fsp3) is 0.500. The average molecular weight is 356 g/mol. The van der Waals surface area contributed by atoms with Gasteiger partial charge < -0.3 is 0 Å². The Labute approximate surface area is 117 Å². The molecular formula is C4H10BaO6S2. The summed E-state index contributed by atoms with van der Waals surface area (Å²) in [5.41, 5.74) is -0.292. The molecule has 0 rings (SSSR count). The van der Waals surface area contributed by atoms with Crippen molar-refractivity contribution in [1.82, 2.24) is 0 Å². The van der Waals surface area contributed by atoms with Gasteiger partial charge in [0.05, 0.1) is 11.5 Å². The van der Waals surface area contributed by atoms with Crippen LogP contribution < -0.4 is 0 Å². The molecule has 0 atom stereocenters. The second-order valence-electron chi connectivity index (χ2n) is 2.20. The number of rotatable bonds is 4. The fourth-order valence-corrected chi connectivity index (χ4v) is 1.92. The van der Waals surface area contributed by atoms with Gasteiger partial charge in [-0.05, 0) is 5.57 Å². The Morgan fingerprint density at radius 2 is 1.23 bits per heavy atom. The summed E-state index contributed by atoms with van der Waals surface area (Å²) in [5.74, 6) is -1.74. The molecule has 6 nitrogen and oxygen atoms in total. The third kappa shape index (κ3) is 13.1. The van der Waals surface area contributed by atoms with Gasteiger partial charge in [-0.15, -0.1) is 0 Å². The molecular weight excluding hydrogens is 346 g/mol. The van der Waals surface area contributed by atoms with Crippen molar-refractivity contribution in [2.75, 3.05) is 11.5 Å². The van der Waals surface area contributed by atoms with Crippen molar-refractivity contribution in [3.63, 3.8) is 0 Å². The summed E-state index contributed by atoms with van der Waals surface area (Å²) in [7, 11) is -8.54. The quantitative estimate of drug-likeness (QED) is 0.357. The van der Waals surface area contributed by atoms with E-state index in [4.69, 9.17) is 9.11 Å². The molecule has 76 valence electrons. The molecule has 0 aliphatic carbocycles. The van der Waals surface area contributed by atoms with E-state index in [1.807, 2.05) is 0 Å². The monoisotopic (exact) mass is 356 g/mol. The van der Waals surface area contributed by atoms with Crippen LogP contribution in [0.4, 0.5) is 0 Å². The van der Waals surface area contributed by atoms with Gasteiger partial charge in [-0.1, -0.05) is 6.58 Å². The molecule has 0 saturated carbocycles. The molecule has 2 N–H and O–H groups in total. The van der Waals surface area contributed by atoms with E-state index in [1.54, 1.807) is 0 Å². The third-order valence-electron chi connectivity index (χ3n) is 0.773.